The third kappa shape index (κ3) is 7.46. The van der Waals surface area contributed by atoms with Gasteiger partial charge in [0.05, 0.1) is 13.7 Å². The predicted octanol–water partition coefficient (Wildman–Crippen LogP) is 4.57. The number of aliphatic imine (C=N–C) groups is 1. The molecule has 2 N–H and O–H groups in total. The van der Waals surface area contributed by atoms with Gasteiger partial charge in [-0.3, -0.25) is 4.90 Å². The van der Waals surface area contributed by atoms with E-state index in [9.17, 15) is 0 Å². The molecule has 7 nitrogen and oxygen atoms in total. The predicted molar refractivity (Wildman–Crippen MR) is 143 cm³/mol. The van der Waals surface area contributed by atoms with Crippen LogP contribution in [-0.4, -0.2) is 54.7 Å². The van der Waals surface area contributed by atoms with Crippen LogP contribution in [0.4, 0.5) is 0 Å². The summed E-state index contributed by atoms with van der Waals surface area (Å²) in [5, 5.41) is 7.02. The fraction of sp³-hybridized carbons (Fsp3) is 0.520. The summed E-state index contributed by atoms with van der Waals surface area (Å²) in [6.45, 7) is 5.83. The molecule has 2 fully saturated rings. The molecule has 1 aromatic heterocycles. The molecule has 1 saturated carbocycles. The van der Waals surface area contributed by atoms with Gasteiger partial charge in [-0.25, -0.2) is 9.98 Å². The lowest BCUT2D eigenvalue weighted by Gasteiger charge is -2.24. The average Bonchev–Trinajstić information content (AvgIpc) is 3.51. The minimum atomic E-state index is 0. The van der Waals surface area contributed by atoms with Crippen molar-refractivity contribution in [3.05, 3.63) is 48.2 Å². The SMILES string of the molecule is CCNC(=NCc1ccc(Oc2cccc(OC)c2)nc1)NC1CCN(C2CCCC2)C1.I. The van der Waals surface area contributed by atoms with E-state index in [0.29, 0.717) is 24.2 Å². The van der Waals surface area contributed by atoms with Crippen LogP contribution >= 0.6 is 24.0 Å². The first-order chi connectivity index (χ1) is 15.7. The molecule has 2 aromatic rings. The molecule has 1 aliphatic carbocycles. The number of aromatic nitrogens is 1. The first kappa shape index (κ1) is 25.6. The molecule has 33 heavy (non-hydrogen) atoms. The molecule has 1 aromatic carbocycles. The van der Waals surface area contributed by atoms with Gasteiger partial charge in [-0.2, -0.15) is 0 Å². The molecule has 4 rings (SSSR count). The highest BCUT2D eigenvalue weighted by Gasteiger charge is 2.30. The molecule has 0 spiro atoms. The van der Waals surface area contributed by atoms with Gasteiger partial charge in [0.1, 0.15) is 11.5 Å². The van der Waals surface area contributed by atoms with Crippen molar-refractivity contribution in [1.82, 2.24) is 20.5 Å². The normalized spacial score (nSPS) is 19.2. The van der Waals surface area contributed by atoms with Crippen molar-refractivity contribution < 1.29 is 9.47 Å². The fourth-order valence-corrected chi connectivity index (χ4v) is 4.54. The monoisotopic (exact) mass is 565 g/mol. The highest BCUT2D eigenvalue weighted by molar-refractivity contribution is 14.0. The van der Waals surface area contributed by atoms with E-state index in [-0.39, 0.29) is 24.0 Å². The Kier molecular flexibility index (Phi) is 10.1. The summed E-state index contributed by atoms with van der Waals surface area (Å²) in [7, 11) is 1.64. The van der Waals surface area contributed by atoms with E-state index in [1.165, 1.54) is 38.6 Å². The number of halogens is 1. The van der Waals surface area contributed by atoms with Crippen LogP contribution in [0, 0.1) is 0 Å². The van der Waals surface area contributed by atoms with Crippen molar-refractivity contribution >= 4 is 29.9 Å². The van der Waals surface area contributed by atoms with E-state index < -0.39 is 0 Å². The van der Waals surface area contributed by atoms with E-state index in [4.69, 9.17) is 14.5 Å². The second-order valence-corrected chi connectivity index (χ2v) is 8.54. The quantitative estimate of drug-likeness (QED) is 0.278. The maximum atomic E-state index is 5.82. The number of benzene rings is 1. The van der Waals surface area contributed by atoms with Crippen LogP contribution in [0.5, 0.6) is 17.4 Å². The summed E-state index contributed by atoms with van der Waals surface area (Å²) in [5.74, 6) is 2.88. The summed E-state index contributed by atoms with van der Waals surface area (Å²) in [5.41, 5.74) is 1.04. The van der Waals surface area contributed by atoms with Gasteiger partial charge in [0.15, 0.2) is 5.96 Å². The van der Waals surface area contributed by atoms with E-state index in [0.717, 1.165) is 36.4 Å². The van der Waals surface area contributed by atoms with Crippen LogP contribution in [0.1, 0.15) is 44.6 Å². The van der Waals surface area contributed by atoms with Crippen LogP contribution in [-0.2, 0) is 6.54 Å². The second-order valence-electron chi connectivity index (χ2n) is 8.54. The Morgan fingerprint density at radius 3 is 2.70 bits per heavy atom. The van der Waals surface area contributed by atoms with Gasteiger partial charge in [-0.05, 0) is 43.9 Å². The number of likely N-dealkylation sites (tertiary alicyclic amines) is 1. The molecule has 1 unspecified atom stereocenters. The molecule has 2 heterocycles. The molecule has 2 aliphatic rings. The lowest BCUT2D eigenvalue weighted by Crippen LogP contribution is -2.45. The third-order valence-corrected chi connectivity index (χ3v) is 6.23. The largest absolute Gasteiger partial charge is 0.497 e. The molecule has 0 bridgehead atoms. The van der Waals surface area contributed by atoms with Gasteiger partial charge in [-0.15, -0.1) is 24.0 Å². The number of nitrogens with one attached hydrogen (secondary N) is 2. The molecule has 1 saturated heterocycles. The zero-order valence-electron chi connectivity index (χ0n) is 19.6. The maximum absolute atomic E-state index is 5.82. The Balaban J connectivity index is 0.00000306. The number of hydrogen-bond acceptors (Lipinski definition) is 5. The number of ether oxygens (including phenoxy) is 2. The number of nitrogens with zero attached hydrogens (tertiary/aromatic N) is 3. The third-order valence-electron chi connectivity index (χ3n) is 6.23. The van der Waals surface area contributed by atoms with Crippen LogP contribution in [0.25, 0.3) is 0 Å². The molecule has 8 heteroatoms. The summed E-state index contributed by atoms with van der Waals surface area (Å²) < 4.78 is 11.1. The number of guanidine groups is 1. The molecule has 0 amide bonds. The Hall–Kier alpha value is -2.07. The maximum Gasteiger partial charge on any atom is 0.219 e. The van der Waals surface area contributed by atoms with Crippen molar-refractivity contribution in [2.24, 2.45) is 4.99 Å². The molecule has 1 atom stereocenters. The van der Waals surface area contributed by atoms with E-state index in [1.807, 2.05) is 42.6 Å². The Bertz CT molecular complexity index is 887. The van der Waals surface area contributed by atoms with Gasteiger partial charge in [0, 0.05) is 50.0 Å². The van der Waals surface area contributed by atoms with E-state index in [1.54, 1.807) is 7.11 Å². The minimum absolute atomic E-state index is 0. The Labute approximate surface area is 214 Å². The molecular formula is C25H36IN5O2. The number of rotatable bonds is 8. The zero-order valence-corrected chi connectivity index (χ0v) is 22.0. The summed E-state index contributed by atoms with van der Waals surface area (Å²) in [6, 6.07) is 12.6. The van der Waals surface area contributed by atoms with Crippen LogP contribution in [0.15, 0.2) is 47.6 Å². The average molecular weight is 566 g/mol. The van der Waals surface area contributed by atoms with Gasteiger partial charge in [0.25, 0.3) is 0 Å². The Morgan fingerprint density at radius 1 is 1.15 bits per heavy atom. The van der Waals surface area contributed by atoms with Crippen molar-refractivity contribution in [3.63, 3.8) is 0 Å². The van der Waals surface area contributed by atoms with Gasteiger partial charge in [0.2, 0.25) is 5.88 Å². The first-order valence-electron chi connectivity index (χ1n) is 11.8. The molecular weight excluding hydrogens is 529 g/mol. The van der Waals surface area contributed by atoms with Crippen LogP contribution in [0.2, 0.25) is 0 Å². The van der Waals surface area contributed by atoms with E-state index >= 15 is 0 Å². The van der Waals surface area contributed by atoms with Crippen molar-refractivity contribution in [3.8, 4) is 17.4 Å². The first-order valence-corrected chi connectivity index (χ1v) is 11.8. The van der Waals surface area contributed by atoms with E-state index in [2.05, 4.69) is 27.4 Å². The summed E-state index contributed by atoms with van der Waals surface area (Å²) in [6.07, 6.45) is 8.51. The van der Waals surface area contributed by atoms with Crippen molar-refractivity contribution in [2.75, 3.05) is 26.7 Å². The zero-order chi connectivity index (χ0) is 22.2. The van der Waals surface area contributed by atoms with Crippen LogP contribution in [0.3, 0.4) is 0 Å². The highest BCUT2D eigenvalue weighted by Crippen LogP contribution is 2.26. The molecule has 1 aliphatic heterocycles. The number of hydrogen-bond donors (Lipinski definition) is 2. The molecule has 0 radical (unpaired) electrons. The fourth-order valence-electron chi connectivity index (χ4n) is 4.54. The van der Waals surface area contributed by atoms with Gasteiger partial charge in [-0.1, -0.05) is 25.0 Å². The molecule has 180 valence electrons. The summed E-state index contributed by atoms with van der Waals surface area (Å²) in [4.78, 5) is 11.9. The highest BCUT2D eigenvalue weighted by atomic mass is 127. The Morgan fingerprint density at radius 2 is 1.97 bits per heavy atom. The lowest BCUT2D eigenvalue weighted by molar-refractivity contribution is 0.242. The smallest absolute Gasteiger partial charge is 0.219 e. The number of methoxy groups -OCH3 is 1. The van der Waals surface area contributed by atoms with Gasteiger partial charge < -0.3 is 20.1 Å². The van der Waals surface area contributed by atoms with Crippen LogP contribution < -0.4 is 20.1 Å². The lowest BCUT2D eigenvalue weighted by atomic mass is 10.2. The number of pyridine rings is 1. The van der Waals surface area contributed by atoms with Crippen molar-refractivity contribution in [2.45, 2.75) is 57.7 Å². The second kappa shape index (κ2) is 13.0. The van der Waals surface area contributed by atoms with Crippen molar-refractivity contribution in [1.29, 1.82) is 0 Å². The standard InChI is InChI=1S/C25H35N5O2.HI/c1-3-26-25(29-20-13-14-30(18-20)21-7-4-5-8-21)28-17-19-11-12-24(27-16-19)32-23-10-6-9-22(15-23)31-2;/h6,9-12,15-16,20-21H,3-5,7-8,13-14,17-18H2,1-2H3,(H2,26,28,29);1H. The summed E-state index contributed by atoms with van der Waals surface area (Å²) >= 11 is 0. The minimum Gasteiger partial charge on any atom is -0.497 e. The van der Waals surface area contributed by atoms with Gasteiger partial charge >= 0.3 is 0 Å². The topological polar surface area (TPSA) is 71.0 Å².